The van der Waals surface area contributed by atoms with Crippen LogP contribution < -0.4 is 10.9 Å². The molecule has 0 amide bonds. The van der Waals surface area contributed by atoms with Crippen molar-refractivity contribution < 1.29 is 18.0 Å². The summed E-state index contributed by atoms with van der Waals surface area (Å²) in [6.45, 7) is 0.521. The normalized spacial score (nSPS) is 14.2. The Morgan fingerprint density at radius 2 is 1.65 bits per heavy atom. The van der Waals surface area contributed by atoms with Gasteiger partial charge in [-0.25, -0.2) is 13.6 Å². The van der Waals surface area contributed by atoms with Crippen LogP contribution in [0.2, 0.25) is 0 Å². The largest absolute Gasteiger partial charge is 0.330 e. The second-order valence-electron chi connectivity index (χ2n) is 6.12. The van der Waals surface area contributed by atoms with E-state index in [9.17, 15) is 18.0 Å². The number of rotatable bonds is 5. The van der Waals surface area contributed by atoms with Gasteiger partial charge in [-0.05, 0) is 36.2 Å². The number of hydrogen-bond donors (Lipinski definition) is 2. The van der Waals surface area contributed by atoms with Crippen LogP contribution in [0.5, 0.6) is 0 Å². The Kier molecular flexibility index (Phi) is 4.86. The number of sulfonamides is 1. The molecule has 0 saturated carbocycles. The molecule has 0 spiro atoms. The summed E-state index contributed by atoms with van der Waals surface area (Å²) < 4.78 is 23.4. The summed E-state index contributed by atoms with van der Waals surface area (Å²) in [5.41, 5.74) is 7.74. The lowest BCUT2D eigenvalue weighted by Crippen LogP contribution is -2.23. The molecule has 7 heteroatoms. The summed E-state index contributed by atoms with van der Waals surface area (Å²) in [5, 5.41) is 5.17. The lowest BCUT2D eigenvalue weighted by molar-refractivity contribution is 0.0980. The Morgan fingerprint density at radius 3 is 2.35 bits per heavy atom. The van der Waals surface area contributed by atoms with Gasteiger partial charge in [-0.3, -0.25) is 9.59 Å². The third-order valence-electron chi connectivity index (χ3n) is 4.24. The van der Waals surface area contributed by atoms with Crippen LogP contribution in [0.15, 0.2) is 59.0 Å². The first kappa shape index (κ1) is 18.2. The lowest BCUT2D eigenvalue weighted by atomic mass is 9.86. The molecule has 0 aliphatic heterocycles. The number of fused-ring (bicyclic) bond motifs is 1. The van der Waals surface area contributed by atoms with E-state index in [0.717, 1.165) is 17.5 Å². The average Bonchev–Trinajstić information content (AvgIpc) is 2.59. The second-order valence-corrected chi connectivity index (χ2v) is 7.65. The number of carbonyl (C=O) groups is 2. The Labute approximate surface area is 151 Å². The van der Waals surface area contributed by atoms with Gasteiger partial charge in [0.15, 0.2) is 11.6 Å². The zero-order valence-electron chi connectivity index (χ0n) is 13.9. The van der Waals surface area contributed by atoms with Crippen molar-refractivity contribution in [3.05, 3.63) is 76.4 Å². The van der Waals surface area contributed by atoms with Gasteiger partial charge in [-0.1, -0.05) is 36.4 Å². The van der Waals surface area contributed by atoms with Gasteiger partial charge < -0.3 is 5.73 Å². The summed E-state index contributed by atoms with van der Waals surface area (Å²) in [7, 11) is -4.10. The summed E-state index contributed by atoms with van der Waals surface area (Å²) in [6, 6.07) is 11.7. The van der Waals surface area contributed by atoms with Crippen LogP contribution in [-0.2, 0) is 22.9 Å². The molecule has 134 valence electrons. The Balaban J connectivity index is 1.99. The van der Waals surface area contributed by atoms with E-state index < -0.39 is 15.8 Å². The highest BCUT2D eigenvalue weighted by atomic mass is 32.2. The zero-order chi connectivity index (χ0) is 18.9. The van der Waals surface area contributed by atoms with E-state index in [2.05, 4.69) is 0 Å². The van der Waals surface area contributed by atoms with Gasteiger partial charge in [0, 0.05) is 17.6 Å². The number of benzene rings is 2. The van der Waals surface area contributed by atoms with Crippen molar-refractivity contribution in [3.63, 3.8) is 0 Å². The third kappa shape index (κ3) is 3.50. The van der Waals surface area contributed by atoms with E-state index in [0.29, 0.717) is 12.1 Å². The predicted molar refractivity (Wildman–Crippen MR) is 97.5 cm³/mol. The molecule has 0 aromatic heterocycles. The van der Waals surface area contributed by atoms with Gasteiger partial charge in [0.2, 0.25) is 10.0 Å². The van der Waals surface area contributed by atoms with Crippen LogP contribution in [0.25, 0.3) is 0 Å². The fourth-order valence-corrected chi connectivity index (χ4v) is 3.86. The van der Waals surface area contributed by atoms with Crippen molar-refractivity contribution in [2.45, 2.75) is 17.7 Å². The summed E-state index contributed by atoms with van der Waals surface area (Å²) >= 11 is 0. The lowest BCUT2D eigenvalue weighted by Gasteiger charge is -2.17. The smallest absolute Gasteiger partial charge is 0.238 e. The van der Waals surface area contributed by atoms with Gasteiger partial charge >= 0.3 is 0 Å². The molecule has 6 nitrogen and oxygen atoms in total. The standard InChI is InChI=1S/C19H18N2O4S/c20-8-7-12-3-1-4-13(9-12)10-14-11-16(22)18-15(19(14)23)5-2-6-17(18)26(21,24)25/h1-6,9,11H,7-8,10,20H2,(H2,21,24,25). The SMILES string of the molecule is NCCc1cccc(CC2=CC(=O)c3c(cccc3S(N)(=O)=O)C2=O)c1. The first-order chi connectivity index (χ1) is 12.3. The minimum atomic E-state index is -4.10. The number of Topliss-reactive ketones (excluding diaryl/α,β-unsaturated/α-hetero) is 1. The van der Waals surface area contributed by atoms with Crippen LogP contribution >= 0.6 is 0 Å². The number of hydrogen-bond acceptors (Lipinski definition) is 5. The molecule has 1 aliphatic rings. The van der Waals surface area contributed by atoms with E-state index >= 15 is 0 Å². The molecule has 0 bridgehead atoms. The van der Waals surface area contributed by atoms with E-state index in [1.165, 1.54) is 24.3 Å². The molecule has 0 unspecified atom stereocenters. The number of primary sulfonamides is 1. The fourth-order valence-electron chi connectivity index (χ4n) is 3.09. The van der Waals surface area contributed by atoms with Gasteiger partial charge in [0.25, 0.3) is 0 Å². The highest BCUT2D eigenvalue weighted by Crippen LogP contribution is 2.28. The maximum atomic E-state index is 12.8. The minimum absolute atomic E-state index is 0.0668. The first-order valence-electron chi connectivity index (χ1n) is 8.04. The van der Waals surface area contributed by atoms with Crippen molar-refractivity contribution in [3.8, 4) is 0 Å². The van der Waals surface area contributed by atoms with E-state index in [4.69, 9.17) is 10.9 Å². The van der Waals surface area contributed by atoms with Gasteiger partial charge in [0.1, 0.15) is 0 Å². The topological polar surface area (TPSA) is 120 Å². The van der Waals surface area contributed by atoms with E-state index in [-0.39, 0.29) is 28.2 Å². The maximum absolute atomic E-state index is 12.8. The molecule has 2 aromatic rings. The molecule has 2 aromatic carbocycles. The highest BCUT2D eigenvalue weighted by Gasteiger charge is 2.30. The van der Waals surface area contributed by atoms with Crippen molar-refractivity contribution in [2.75, 3.05) is 6.54 Å². The van der Waals surface area contributed by atoms with Crippen LogP contribution in [0.4, 0.5) is 0 Å². The summed E-state index contributed by atoms with van der Waals surface area (Å²) in [6.07, 6.45) is 2.21. The Morgan fingerprint density at radius 1 is 0.962 bits per heavy atom. The molecule has 26 heavy (non-hydrogen) atoms. The fraction of sp³-hybridized carbons (Fsp3) is 0.158. The van der Waals surface area contributed by atoms with Crippen molar-refractivity contribution in [1.82, 2.24) is 0 Å². The van der Waals surface area contributed by atoms with Gasteiger partial charge in [-0.15, -0.1) is 0 Å². The zero-order valence-corrected chi connectivity index (χ0v) is 14.8. The molecule has 0 heterocycles. The predicted octanol–water partition coefficient (Wildman–Crippen LogP) is 1.38. The summed E-state index contributed by atoms with van der Waals surface area (Å²) in [4.78, 5) is 25.0. The maximum Gasteiger partial charge on any atom is 0.238 e. The molecular formula is C19H18N2O4S. The van der Waals surface area contributed by atoms with Crippen LogP contribution in [0.1, 0.15) is 31.8 Å². The molecule has 3 rings (SSSR count). The van der Waals surface area contributed by atoms with Crippen molar-refractivity contribution in [2.24, 2.45) is 10.9 Å². The average molecular weight is 370 g/mol. The Hall–Kier alpha value is -2.61. The number of allylic oxidation sites excluding steroid dienone is 2. The van der Waals surface area contributed by atoms with Crippen LogP contribution in [0, 0.1) is 0 Å². The van der Waals surface area contributed by atoms with Gasteiger partial charge in [-0.2, -0.15) is 0 Å². The molecule has 0 fully saturated rings. The quantitative estimate of drug-likeness (QED) is 0.824. The van der Waals surface area contributed by atoms with Crippen molar-refractivity contribution >= 4 is 21.6 Å². The highest BCUT2D eigenvalue weighted by molar-refractivity contribution is 7.89. The number of carbonyl (C=O) groups excluding carboxylic acids is 2. The van der Waals surface area contributed by atoms with Crippen LogP contribution in [0.3, 0.4) is 0 Å². The second kappa shape index (κ2) is 6.95. The molecule has 0 radical (unpaired) electrons. The van der Waals surface area contributed by atoms with Crippen LogP contribution in [-0.4, -0.2) is 26.5 Å². The summed E-state index contributed by atoms with van der Waals surface area (Å²) in [5.74, 6) is -0.897. The third-order valence-corrected chi connectivity index (χ3v) is 5.19. The monoisotopic (exact) mass is 370 g/mol. The minimum Gasteiger partial charge on any atom is -0.330 e. The molecule has 1 aliphatic carbocycles. The Bertz CT molecular complexity index is 1040. The first-order valence-corrected chi connectivity index (χ1v) is 9.59. The van der Waals surface area contributed by atoms with E-state index in [1.807, 2.05) is 24.3 Å². The number of nitrogens with two attached hydrogens (primary N) is 2. The molecule has 0 saturated heterocycles. The van der Waals surface area contributed by atoms with Crippen molar-refractivity contribution in [1.29, 1.82) is 0 Å². The van der Waals surface area contributed by atoms with E-state index in [1.54, 1.807) is 0 Å². The molecule has 4 N–H and O–H groups in total. The number of ketones is 2. The molecule has 0 atom stereocenters. The molecular weight excluding hydrogens is 352 g/mol. The van der Waals surface area contributed by atoms with Gasteiger partial charge in [0.05, 0.1) is 10.5 Å².